The molecular weight excluding hydrogens is 440 g/mol. The number of Topliss-reactive ketones (excluding diaryl/α,β-unsaturated/α-hetero) is 2. The van der Waals surface area contributed by atoms with Crippen molar-refractivity contribution in [3.63, 3.8) is 0 Å². The Morgan fingerprint density at radius 1 is 0.939 bits per heavy atom. The lowest BCUT2D eigenvalue weighted by Gasteiger charge is -2.19. The number of nitrogens with zero attached hydrogens (tertiary/aromatic N) is 1. The van der Waals surface area contributed by atoms with Crippen LogP contribution in [0.3, 0.4) is 0 Å². The van der Waals surface area contributed by atoms with Crippen LogP contribution in [0.1, 0.15) is 36.6 Å². The lowest BCUT2D eigenvalue weighted by molar-refractivity contribution is 0.0974. The van der Waals surface area contributed by atoms with Gasteiger partial charge in [-0.25, -0.2) is 4.98 Å². The van der Waals surface area contributed by atoms with Gasteiger partial charge in [-0.05, 0) is 35.9 Å². The Labute approximate surface area is 193 Å². The Bertz CT molecular complexity index is 1450. The van der Waals surface area contributed by atoms with Crippen molar-refractivity contribution in [1.82, 2.24) is 15.3 Å². The second-order valence-electron chi connectivity index (χ2n) is 7.53. The fourth-order valence-corrected chi connectivity index (χ4v) is 3.93. The summed E-state index contributed by atoms with van der Waals surface area (Å²) in [6.45, 7) is 0.268. The number of imidazole rings is 1. The van der Waals surface area contributed by atoms with Crippen molar-refractivity contribution < 1.29 is 14.4 Å². The van der Waals surface area contributed by atoms with E-state index < -0.39 is 0 Å². The Morgan fingerprint density at radius 3 is 2.42 bits per heavy atom. The molecule has 5 rings (SSSR count). The number of hydrogen-bond donors (Lipinski definition) is 3. The number of fused-ring (bicyclic) bond motifs is 2. The molecule has 0 radical (unpaired) electrons. The smallest absolute Gasteiger partial charge is 0.255 e. The molecule has 1 aromatic heterocycles. The standard InChI is InChI=1S/C25H17ClN4O3/c26-21-22(24(32)18-4-2-1-3-17(18)23(21)31)27-12-14-5-7-15(8-6-14)25(33)30-16-9-10-19-20(11-16)29-13-28-19/h1-11,13,27H,12H2,(H,28,29)(H,30,33). The molecule has 8 heteroatoms. The van der Waals surface area contributed by atoms with Gasteiger partial charge in [0.2, 0.25) is 11.6 Å². The summed E-state index contributed by atoms with van der Waals surface area (Å²) in [5.41, 5.74) is 4.32. The predicted octanol–water partition coefficient (Wildman–Crippen LogP) is 4.43. The van der Waals surface area contributed by atoms with Crippen molar-refractivity contribution in [3.8, 4) is 0 Å². The number of aromatic amines is 1. The van der Waals surface area contributed by atoms with E-state index in [9.17, 15) is 14.4 Å². The van der Waals surface area contributed by atoms with Crippen molar-refractivity contribution in [2.24, 2.45) is 0 Å². The minimum absolute atomic E-state index is 0.0796. The summed E-state index contributed by atoms with van der Waals surface area (Å²) in [4.78, 5) is 45.0. The largest absolute Gasteiger partial charge is 0.376 e. The molecule has 0 bridgehead atoms. The highest BCUT2D eigenvalue weighted by molar-refractivity contribution is 6.49. The Hall–Kier alpha value is -4.23. The van der Waals surface area contributed by atoms with Gasteiger partial charge in [0, 0.05) is 28.9 Å². The number of nitrogens with one attached hydrogen (secondary N) is 3. The first-order valence-corrected chi connectivity index (χ1v) is 10.5. The van der Waals surface area contributed by atoms with E-state index >= 15 is 0 Å². The fraction of sp³-hybridized carbons (Fsp3) is 0.0400. The molecule has 0 saturated heterocycles. The van der Waals surface area contributed by atoms with Gasteiger partial charge in [0.25, 0.3) is 5.91 Å². The van der Waals surface area contributed by atoms with Crippen LogP contribution in [0.4, 0.5) is 5.69 Å². The van der Waals surface area contributed by atoms with Gasteiger partial charge in [0.1, 0.15) is 10.7 Å². The summed E-state index contributed by atoms with van der Waals surface area (Å²) in [6, 6.07) is 19.0. The average Bonchev–Trinajstić information content (AvgIpc) is 3.31. The number of carbonyl (C=O) groups is 3. The third-order valence-electron chi connectivity index (χ3n) is 5.43. The molecule has 1 heterocycles. The van der Waals surface area contributed by atoms with Crippen LogP contribution in [0.15, 0.2) is 83.8 Å². The number of ketones is 2. The van der Waals surface area contributed by atoms with Crippen LogP contribution in [0.2, 0.25) is 0 Å². The molecule has 3 N–H and O–H groups in total. The minimum atomic E-state index is -0.380. The number of amides is 1. The zero-order valence-corrected chi connectivity index (χ0v) is 17.9. The fourth-order valence-electron chi connectivity index (χ4n) is 3.68. The highest BCUT2D eigenvalue weighted by Crippen LogP contribution is 2.27. The van der Waals surface area contributed by atoms with E-state index in [0.29, 0.717) is 22.4 Å². The summed E-state index contributed by atoms with van der Waals surface area (Å²) < 4.78 is 0. The molecule has 0 saturated carbocycles. The zero-order valence-electron chi connectivity index (χ0n) is 17.2. The number of aromatic nitrogens is 2. The van der Waals surface area contributed by atoms with E-state index in [1.807, 2.05) is 6.07 Å². The normalized spacial score (nSPS) is 13.2. The Kier molecular flexibility index (Phi) is 5.24. The van der Waals surface area contributed by atoms with Crippen LogP contribution in [0.25, 0.3) is 11.0 Å². The van der Waals surface area contributed by atoms with Crippen LogP contribution < -0.4 is 10.6 Å². The van der Waals surface area contributed by atoms with Gasteiger partial charge in [-0.2, -0.15) is 0 Å². The number of rotatable bonds is 5. The summed E-state index contributed by atoms with van der Waals surface area (Å²) in [7, 11) is 0. The molecule has 0 atom stereocenters. The molecule has 33 heavy (non-hydrogen) atoms. The van der Waals surface area contributed by atoms with Crippen molar-refractivity contribution in [3.05, 3.63) is 106 Å². The Balaban J connectivity index is 1.26. The molecule has 162 valence electrons. The lowest BCUT2D eigenvalue weighted by atomic mass is 9.92. The lowest BCUT2D eigenvalue weighted by Crippen LogP contribution is -2.28. The first-order valence-electron chi connectivity index (χ1n) is 10.2. The number of halogens is 1. The van der Waals surface area contributed by atoms with Gasteiger partial charge in [0.05, 0.1) is 17.4 Å². The van der Waals surface area contributed by atoms with E-state index in [4.69, 9.17) is 11.6 Å². The summed E-state index contributed by atoms with van der Waals surface area (Å²) in [5.74, 6) is -0.950. The Morgan fingerprint density at radius 2 is 1.67 bits per heavy atom. The quantitative estimate of drug-likeness (QED) is 0.412. The molecule has 4 aromatic rings. The van der Waals surface area contributed by atoms with Gasteiger partial charge in [-0.1, -0.05) is 48.0 Å². The molecule has 0 unspecified atom stereocenters. The molecule has 0 aliphatic heterocycles. The number of carbonyl (C=O) groups excluding carboxylic acids is 3. The van der Waals surface area contributed by atoms with Gasteiger partial charge < -0.3 is 15.6 Å². The second-order valence-corrected chi connectivity index (χ2v) is 7.91. The van der Waals surface area contributed by atoms with Crippen LogP contribution in [-0.4, -0.2) is 27.4 Å². The van der Waals surface area contributed by atoms with Crippen molar-refractivity contribution >= 4 is 45.8 Å². The number of H-pyrrole nitrogens is 1. The first-order chi connectivity index (χ1) is 16.0. The number of hydrogen-bond acceptors (Lipinski definition) is 5. The molecule has 0 fully saturated rings. The van der Waals surface area contributed by atoms with E-state index in [0.717, 1.165) is 16.6 Å². The number of allylic oxidation sites excluding steroid dienone is 2. The van der Waals surface area contributed by atoms with Gasteiger partial charge in [0.15, 0.2) is 0 Å². The molecular formula is C25H17ClN4O3. The second kappa shape index (κ2) is 8.37. The van der Waals surface area contributed by atoms with E-state index in [1.165, 1.54) is 0 Å². The minimum Gasteiger partial charge on any atom is -0.376 e. The predicted molar refractivity (Wildman–Crippen MR) is 125 cm³/mol. The van der Waals surface area contributed by atoms with Gasteiger partial charge in [-0.15, -0.1) is 0 Å². The summed E-state index contributed by atoms with van der Waals surface area (Å²) in [6.07, 6.45) is 1.60. The van der Waals surface area contributed by atoms with Crippen molar-refractivity contribution in [1.29, 1.82) is 0 Å². The maximum atomic E-state index is 12.8. The molecule has 1 amide bonds. The average molecular weight is 457 g/mol. The third kappa shape index (κ3) is 3.90. The number of anilines is 1. The van der Waals surface area contributed by atoms with Crippen molar-refractivity contribution in [2.75, 3.05) is 5.32 Å². The molecule has 0 spiro atoms. The highest BCUT2D eigenvalue weighted by atomic mass is 35.5. The SMILES string of the molecule is O=C(Nc1ccc2[nH]cnc2c1)c1ccc(CNC2=C(Cl)C(=O)c3ccccc3C2=O)cc1. The summed E-state index contributed by atoms with van der Waals surface area (Å²) in [5, 5.41) is 5.71. The van der Waals surface area contributed by atoms with E-state index in [1.54, 1.807) is 67.0 Å². The zero-order chi connectivity index (χ0) is 22.9. The van der Waals surface area contributed by atoms with Crippen molar-refractivity contribution in [2.45, 2.75) is 6.54 Å². The number of benzene rings is 3. The molecule has 1 aliphatic rings. The van der Waals surface area contributed by atoms with Gasteiger partial charge >= 0.3 is 0 Å². The topological polar surface area (TPSA) is 104 Å². The van der Waals surface area contributed by atoms with Crippen LogP contribution >= 0.6 is 11.6 Å². The van der Waals surface area contributed by atoms with E-state index in [-0.39, 0.29) is 34.7 Å². The molecule has 1 aliphatic carbocycles. The third-order valence-corrected chi connectivity index (χ3v) is 5.79. The maximum absolute atomic E-state index is 12.8. The van der Waals surface area contributed by atoms with E-state index in [2.05, 4.69) is 20.6 Å². The van der Waals surface area contributed by atoms with Crippen LogP contribution in [0, 0.1) is 0 Å². The summed E-state index contributed by atoms with van der Waals surface area (Å²) >= 11 is 6.18. The van der Waals surface area contributed by atoms with Crippen LogP contribution in [-0.2, 0) is 6.54 Å². The molecule has 7 nitrogen and oxygen atoms in total. The molecule has 3 aromatic carbocycles. The first kappa shape index (κ1) is 20.7. The van der Waals surface area contributed by atoms with Crippen LogP contribution in [0.5, 0.6) is 0 Å². The van der Waals surface area contributed by atoms with Gasteiger partial charge in [-0.3, -0.25) is 14.4 Å². The maximum Gasteiger partial charge on any atom is 0.255 e. The monoisotopic (exact) mass is 456 g/mol. The highest BCUT2D eigenvalue weighted by Gasteiger charge is 2.30.